The first-order valence-corrected chi connectivity index (χ1v) is 8.33. The van der Waals surface area contributed by atoms with Gasteiger partial charge in [0.25, 0.3) is 0 Å². The largest absolute Gasteiger partial charge is 0.465 e. The molecule has 5 nitrogen and oxygen atoms in total. The van der Waals surface area contributed by atoms with Gasteiger partial charge in [0, 0.05) is 16.5 Å². The smallest absolute Gasteiger partial charge is 0.337 e. The lowest BCUT2D eigenvalue weighted by molar-refractivity contribution is -0.120. The van der Waals surface area contributed by atoms with Crippen molar-refractivity contribution in [2.75, 3.05) is 12.4 Å². The van der Waals surface area contributed by atoms with E-state index < -0.39 is 0 Å². The highest BCUT2D eigenvalue weighted by atomic mass is 32.1. The van der Waals surface area contributed by atoms with Gasteiger partial charge in [-0.15, -0.1) is 11.3 Å². The number of ether oxygens (including phenoxy) is 1. The molecule has 1 amide bonds. The van der Waals surface area contributed by atoms with Gasteiger partial charge in [-0.1, -0.05) is 0 Å². The Hall–Kier alpha value is -2.21. The maximum atomic E-state index is 12.4. The van der Waals surface area contributed by atoms with Crippen LogP contribution < -0.4 is 5.32 Å². The van der Waals surface area contributed by atoms with Crippen LogP contribution in [0.5, 0.6) is 0 Å². The third-order valence-corrected chi connectivity index (χ3v) is 5.03. The van der Waals surface area contributed by atoms with Crippen molar-refractivity contribution in [2.45, 2.75) is 26.2 Å². The molecule has 0 saturated heterocycles. The molecular formula is C17H18N2O3S. The van der Waals surface area contributed by atoms with Crippen molar-refractivity contribution in [2.24, 2.45) is 5.92 Å². The van der Waals surface area contributed by atoms with Crippen molar-refractivity contribution in [3.05, 3.63) is 45.4 Å². The Kier molecular flexibility index (Phi) is 4.43. The van der Waals surface area contributed by atoms with Gasteiger partial charge in [0.15, 0.2) is 0 Å². The Morgan fingerprint density at radius 3 is 2.74 bits per heavy atom. The highest BCUT2D eigenvalue weighted by Crippen LogP contribution is 2.30. The molecule has 1 N–H and O–H groups in total. The van der Waals surface area contributed by atoms with Crippen molar-refractivity contribution >= 4 is 28.9 Å². The molecule has 120 valence electrons. The van der Waals surface area contributed by atoms with Gasteiger partial charge in [-0.3, -0.25) is 4.79 Å². The standard InChI is InChI=1S/C17H18N2O3S/c1-10-18-14-8-5-12(9-15(14)23-10)16(20)19-13-6-3-11(4-7-13)17(21)22-2/h3-4,6-7,12H,5,8-9H2,1-2H3,(H,19,20). The number of amides is 1. The molecule has 1 unspecified atom stereocenters. The first-order valence-electron chi connectivity index (χ1n) is 7.51. The summed E-state index contributed by atoms with van der Waals surface area (Å²) in [5.74, 6) is -0.390. The van der Waals surface area contributed by atoms with E-state index >= 15 is 0 Å². The minimum Gasteiger partial charge on any atom is -0.465 e. The number of anilines is 1. The van der Waals surface area contributed by atoms with Crippen LogP contribution in [0.25, 0.3) is 0 Å². The topological polar surface area (TPSA) is 68.3 Å². The molecule has 1 heterocycles. The number of benzene rings is 1. The Morgan fingerprint density at radius 1 is 1.30 bits per heavy atom. The molecule has 2 aromatic rings. The summed E-state index contributed by atoms with van der Waals surface area (Å²) in [6.45, 7) is 2.00. The van der Waals surface area contributed by atoms with Crippen LogP contribution in [0.4, 0.5) is 5.69 Å². The second-order valence-corrected chi connectivity index (χ2v) is 6.89. The zero-order chi connectivity index (χ0) is 16.4. The number of carbonyl (C=O) groups is 2. The van der Waals surface area contributed by atoms with Crippen molar-refractivity contribution < 1.29 is 14.3 Å². The summed E-state index contributed by atoms with van der Waals surface area (Å²) < 4.78 is 4.66. The van der Waals surface area contributed by atoms with Crippen LogP contribution in [0.15, 0.2) is 24.3 Å². The van der Waals surface area contributed by atoms with E-state index in [2.05, 4.69) is 15.0 Å². The van der Waals surface area contributed by atoms with Crippen LogP contribution in [-0.2, 0) is 22.4 Å². The molecule has 6 heteroatoms. The molecule has 0 radical (unpaired) electrons. The number of esters is 1. The van der Waals surface area contributed by atoms with Gasteiger partial charge in [-0.05, 0) is 50.5 Å². The molecular weight excluding hydrogens is 312 g/mol. The molecule has 1 aromatic heterocycles. The Bertz CT molecular complexity index is 737. The molecule has 1 atom stereocenters. The van der Waals surface area contributed by atoms with Crippen LogP contribution in [0.3, 0.4) is 0 Å². The van der Waals surface area contributed by atoms with Crippen LogP contribution in [0.2, 0.25) is 0 Å². The van der Waals surface area contributed by atoms with Crippen LogP contribution >= 0.6 is 11.3 Å². The molecule has 3 rings (SSSR count). The highest BCUT2D eigenvalue weighted by molar-refractivity contribution is 7.11. The van der Waals surface area contributed by atoms with Gasteiger partial charge in [0.1, 0.15) is 0 Å². The fourth-order valence-corrected chi connectivity index (χ4v) is 3.84. The van der Waals surface area contributed by atoms with E-state index in [4.69, 9.17) is 0 Å². The van der Waals surface area contributed by atoms with Gasteiger partial charge in [-0.2, -0.15) is 0 Å². The van der Waals surface area contributed by atoms with E-state index in [0.717, 1.165) is 30.0 Å². The number of hydrogen-bond acceptors (Lipinski definition) is 5. The van der Waals surface area contributed by atoms with E-state index in [0.29, 0.717) is 11.3 Å². The normalized spacial score (nSPS) is 16.5. The van der Waals surface area contributed by atoms with Gasteiger partial charge >= 0.3 is 5.97 Å². The predicted molar refractivity (Wildman–Crippen MR) is 88.8 cm³/mol. The number of nitrogens with one attached hydrogen (secondary N) is 1. The Balaban J connectivity index is 1.64. The van der Waals surface area contributed by atoms with Crippen molar-refractivity contribution in [3.63, 3.8) is 0 Å². The van der Waals surface area contributed by atoms with Crippen LogP contribution in [-0.4, -0.2) is 24.0 Å². The van der Waals surface area contributed by atoms with Crippen LogP contribution in [0, 0.1) is 12.8 Å². The first-order chi connectivity index (χ1) is 11.1. The number of aromatic nitrogens is 1. The number of thiazole rings is 1. The molecule has 23 heavy (non-hydrogen) atoms. The van der Waals surface area contributed by atoms with Gasteiger partial charge in [-0.25, -0.2) is 9.78 Å². The average Bonchev–Trinajstić information content (AvgIpc) is 2.93. The monoisotopic (exact) mass is 330 g/mol. The molecule has 0 saturated carbocycles. The van der Waals surface area contributed by atoms with Crippen molar-refractivity contribution in [3.8, 4) is 0 Å². The van der Waals surface area contributed by atoms with Gasteiger partial charge in [0.2, 0.25) is 5.91 Å². The van der Waals surface area contributed by atoms with E-state index in [1.807, 2.05) is 6.92 Å². The summed E-state index contributed by atoms with van der Waals surface area (Å²) in [7, 11) is 1.34. The Labute approximate surface area is 138 Å². The number of rotatable bonds is 3. The number of hydrogen-bond donors (Lipinski definition) is 1. The second-order valence-electron chi connectivity index (χ2n) is 5.60. The zero-order valence-electron chi connectivity index (χ0n) is 13.1. The van der Waals surface area contributed by atoms with E-state index in [1.165, 1.54) is 12.0 Å². The molecule has 0 spiro atoms. The Morgan fingerprint density at radius 2 is 2.04 bits per heavy atom. The van der Waals surface area contributed by atoms with Crippen LogP contribution in [0.1, 0.15) is 32.4 Å². The molecule has 1 aromatic carbocycles. The number of methoxy groups -OCH3 is 1. The summed E-state index contributed by atoms with van der Waals surface area (Å²) in [5.41, 5.74) is 2.31. The second kappa shape index (κ2) is 6.50. The summed E-state index contributed by atoms with van der Waals surface area (Å²) in [6.07, 6.45) is 2.44. The number of aryl methyl sites for hydroxylation is 2. The zero-order valence-corrected chi connectivity index (χ0v) is 13.9. The van der Waals surface area contributed by atoms with E-state index in [1.54, 1.807) is 35.6 Å². The maximum absolute atomic E-state index is 12.4. The fraction of sp³-hybridized carbons (Fsp3) is 0.353. The molecule has 0 bridgehead atoms. The summed E-state index contributed by atoms with van der Waals surface area (Å²) in [5, 5.41) is 3.99. The van der Waals surface area contributed by atoms with Gasteiger partial charge < -0.3 is 10.1 Å². The SMILES string of the molecule is COC(=O)c1ccc(NC(=O)C2CCc3nc(C)sc3C2)cc1. The molecule has 1 aliphatic carbocycles. The maximum Gasteiger partial charge on any atom is 0.337 e. The predicted octanol–water partition coefficient (Wildman–Crippen LogP) is 2.98. The van der Waals surface area contributed by atoms with Gasteiger partial charge in [0.05, 0.1) is 23.4 Å². The lowest BCUT2D eigenvalue weighted by Gasteiger charge is -2.20. The fourth-order valence-electron chi connectivity index (χ4n) is 2.78. The molecule has 1 aliphatic rings. The quantitative estimate of drug-likeness (QED) is 0.879. The summed E-state index contributed by atoms with van der Waals surface area (Å²) >= 11 is 1.68. The number of nitrogens with zero attached hydrogens (tertiary/aromatic N) is 1. The minimum absolute atomic E-state index is 0.0209. The lowest BCUT2D eigenvalue weighted by Crippen LogP contribution is -2.27. The molecule has 0 fully saturated rings. The summed E-state index contributed by atoms with van der Waals surface area (Å²) in [6, 6.07) is 6.73. The number of fused-ring (bicyclic) bond motifs is 1. The van der Waals surface area contributed by atoms with E-state index in [-0.39, 0.29) is 17.8 Å². The highest BCUT2D eigenvalue weighted by Gasteiger charge is 2.27. The van der Waals surface area contributed by atoms with E-state index in [9.17, 15) is 9.59 Å². The third kappa shape index (κ3) is 3.42. The van der Waals surface area contributed by atoms with Crippen molar-refractivity contribution in [1.29, 1.82) is 0 Å². The van der Waals surface area contributed by atoms with Crippen molar-refractivity contribution in [1.82, 2.24) is 4.98 Å². The minimum atomic E-state index is -0.386. The third-order valence-electron chi connectivity index (χ3n) is 3.99. The average molecular weight is 330 g/mol. The first kappa shape index (κ1) is 15.7. The molecule has 0 aliphatic heterocycles. The summed E-state index contributed by atoms with van der Waals surface area (Å²) in [4.78, 5) is 29.6. The number of carbonyl (C=O) groups excluding carboxylic acids is 2. The lowest BCUT2D eigenvalue weighted by atomic mass is 9.90.